The number of likely N-dealkylation sites (N-methyl/N-ethyl adjacent to an activating group) is 1. The zero-order valence-corrected chi connectivity index (χ0v) is 10.1. The zero-order valence-electron chi connectivity index (χ0n) is 7.94. The van der Waals surface area contributed by atoms with Crippen molar-refractivity contribution in [3.63, 3.8) is 0 Å². The van der Waals surface area contributed by atoms with Gasteiger partial charge < -0.3 is 4.74 Å². The van der Waals surface area contributed by atoms with Gasteiger partial charge in [0.05, 0.1) is 0 Å². The Morgan fingerprint density at radius 1 is 1.43 bits per heavy atom. The van der Waals surface area contributed by atoms with Crippen LogP contribution in [-0.4, -0.2) is 22.7 Å². The molecule has 1 rings (SSSR count). The van der Waals surface area contributed by atoms with E-state index in [1.54, 1.807) is 3.11 Å². The standard InChI is InChI=1S/C10H12INO2/c1-12(11)7-10(13)14-8-9-5-3-2-4-6-9/h2-6H,7-8H2,1H3. The number of hydrogen-bond donors (Lipinski definition) is 0. The lowest BCUT2D eigenvalue weighted by Gasteiger charge is -2.07. The topological polar surface area (TPSA) is 29.5 Å². The van der Waals surface area contributed by atoms with Crippen molar-refractivity contribution in [2.75, 3.05) is 13.6 Å². The Morgan fingerprint density at radius 2 is 2.07 bits per heavy atom. The monoisotopic (exact) mass is 305 g/mol. The molecule has 0 aliphatic heterocycles. The number of hydrogen-bond acceptors (Lipinski definition) is 3. The van der Waals surface area contributed by atoms with Gasteiger partial charge in [0, 0.05) is 22.9 Å². The van der Waals surface area contributed by atoms with Gasteiger partial charge in [-0.1, -0.05) is 30.3 Å². The summed E-state index contributed by atoms with van der Waals surface area (Å²) in [5.41, 5.74) is 1.01. The molecule has 0 N–H and O–H groups in total. The molecule has 3 nitrogen and oxygen atoms in total. The SMILES string of the molecule is CN(I)CC(=O)OCc1ccccc1. The number of halogens is 1. The van der Waals surface area contributed by atoms with Crippen LogP contribution >= 0.6 is 22.9 Å². The average molecular weight is 305 g/mol. The highest BCUT2D eigenvalue weighted by Crippen LogP contribution is 2.01. The van der Waals surface area contributed by atoms with Gasteiger partial charge in [0.25, 0.3) is 0 Å². The van der Waals surface area contributed by atoms with Crippen molar-refractivity contribution in [2.24, 2.45) is 0 Å². The van der Waals surface area contributed by atoms with E-state index in [0.29, 0.717) is 13.2 Å². The van der Waals surface area contributed by atoms with E-state index >= 15 is 0 Å². The molecule has 0 unspecified atom stereocenters. The molecular formula is C10H12INO2. The minimum Gasteiger partial charge on any atom is -0.460 e. The second-order valence-corrected chi connectivity index (χ2v) is 4.56. The first-order chi connectivity index (χ1) is 6.68. The number of carbonyl (C=O) groups excluding carboxylic acids is 1. The summed E-state index contributed by atoms with van der Waals surface area (Å²) < 4.78 is 6.81. The van der Waals surface area contributed by atoms with Crippen LogP contribution in [0.5, 0.6) is 0 Å². The molecule has 0 aliphatic rings. The van der Waals surface area contributed by atoms with Gasteiger partial charge in [-0.25, -0.2) is 3.11 Å². The zero-order chi connectivity index (χ0) is 10.4. The molecule has 4 heteroatoms. The third-order valence-electron chi connectivity index (χ3n) is 1.59. The number of rotatable bonds is 4. The Balaban J connectivity index is 2.31. The molecule has 0 heterocycles. The molecule has 0 saturated heterocycles. The number of benzene rings is 1. The van der Waals surface area contributed by atoms with Crippen LogP contribution in [0.2, 0.25) is 0 Å². The van der Waals surface area contributed by atoms with Gasteiger partial charge in [0.15, 0.2) is 0 Å². The van der Waals surface area contributed by atoms with Crippen molar-refractivity contribution in [3.05, 3.63) is 35.9 Å². The normalized spacial score (nSPS) is 10.2. The van der Waals surface area contributed by atoms with E-state index in [1.807, 2.05) is 60.2 Å². The van der Waals surface area contributed by atoms with Crippen molar-refractivity contribution in [1.29, 1.82) is 0 Å². The van der Waals surface area contributed by atoms with E-state index in [9.17, 15) is 4.79 Å². The second kappa shape index (κ2) is 5.98. The van der Waals surface area contributed by atoms with E-state index in [4.69, 9.17) is 4.74 Å². The van der Waals surface area contributed by atoms with Crippen LogP contribution in [0.25, 0.3) is 0 Å². The fraction of sp³-hybridized carbons (Fsp3) is 0.300. The first kappa shape index (κ1) is 11.5. The highest BCUT2D eigenvalue weighted by atomic mass is 127. The highest BCUT2D eigenvalue weighted by molar-refractivity contribution is 14.1. The van der Waals surface area contributed by atoms with Gasteiger partial charge >= 0.3 is 5.97 Å². The predicted octanol–water partition coefficient (Wildman–Crippen LogP) is 2.01. The molecule has 0 radical (unpaired) electrons. The van der Waals surface area contributed by atoms with Crippen LogP contribution in [0.15, 0.2) is 30.3 Å². The Morgan fingerprint density at radius 3 is 2.64 bits per heavy atom. The third kappa shape index (κ3) is 4.57. The molecule has 0 bridgehead atoms. The largest absolute Gasteiger partial charge is 0.460 e. The average Bonchev–Trinajstić information content (AvgIpc) is 2.15. The van der Waals surface area contributed by atoms with Gasteiger partial charge in [-0.2, -0.15) is 0 Å². The van der Waals surface area contributed by atoms with E-state index in [0.717, 1.165) is 5.56 Å². The molecule has 1 aromatic carbocycles. The molecule has 0 atom stereocenters. The number of esters is 1. The van der Waals surface area contributed by atoms with Crippen LogP contribution in [0.1, 0.15) is 5.56 Å². The number of ether oxygens (including phenoxy) is 1. The molecule has 0 spiro atoms. The molecule has 0 aliphatic carbocycles. The summed E-state index contributed by atoms with van der Waals surface area (Å²) >= 11 is 2.04. The Bertz CT molecular complexity index is 287. The fourth-order valence-electron chi connectivity index (χ4n) is 0.962. The molecule has 1 aromatic rings. The maximum atomic E-state index is 11.2. The van der Waals surface area contributed by atoms with Gasteiger partial charge in [-0.15, -0.1) is 0 Å². The maximum absolute atomic E-state index is 11.2. The van der Waals surface area contributed by atoms with Crippen LogP contribution in [0, 0.1) is 0 Å². The van der Waals surface area contributed by atoms with Crippen molar-refractivity contribution < 1.29 is 9.53 Å². The van der Waals surface area contributed by atoms with Crippen LogP contribution in [-0.2, 0) is 16.1 Å². The van der Waals surface area contributed by atoms with E-state index in [-0.39, 0.29) is 5.97 Å². The predicted molar refractivity (Wildman–Crippen MR) is 62.9 cm³/mol. The summed E-state index contributed by atoms with van der Waals surface area (Å²) in [6.07, 6.45) is 0. The number of carbonyl (C=O) groups is 1. The summed E-state index contributed by atoms with van der Waals surface area (Å²) in [5, 5.41) is 0. The molecule has 0 amide bonds. The van der Waals surface area contributed by atoms with Gasteiger partial charge in [-0.3, -0.25) is 4.79 Å². The Hall–Kier alpha value is -0.620. The lowest BCUT2D eigenvalue weighted by molar-refractivity contribution is -0.144. The summed E-state index contributed by atoms with van der Waals surface area (Å²) in [7, 11) is 1.82. The Labute approximate surface area is 97.5 Å². The van der Waals surface area contributed by atoms with E-state index in [2.05, 4.69) is 0 Å². The minimum absolute atomic E-state index is 0.203. The molecule has 76 valence electrons. The van der Waals surface area contributed by atoms with Crippen LogP contribution in [0.3, 0.4) is 0 Å². The number of nitrogens with zero attached hydrogens (tertiary/aromatic N) is 1. The van der Waals surface area contributed by atoms with E-state index < -0.39 is 0 Å². The lowest BCUT2D eigenvalue weighted by Crippen LogP contribution is -2.19. The van der Waals surface area contributed by atoms with Gasteiger partial charge in [0.1, 0.15) is 13.2 Å². The van der Waals surface area contributed by atoms with Crippen molar-refractivity contribution >= 4 is 28.8 Å². The van der Waals surface area contributed by atoms with E-state index in [1.165, 1.54) is 0 Å². The molecular weight excluding hydrogens is 293 g/mol. The summed E-state index contributed by atoms with van der Waals surface area (Å²) in [6.45, 7) is 0.664. The summed E-state index contributed by atoms with van der Waals surface area (Å²) in [6, 6.07) is 9.65. The summed E-state index contributed by atoms with van der Waals surface area (Å²) in [5.74, 6) is -0.203. The van der Waals surface area contributed by atoms with Crippen molar-refractivity contribution in [2.45, 2.75) is 6.61 Å². The molecule has 0 fully saturated rings. The third-order valence-corrected chi connectivity index (χ3v) is 1.93. The fourth-order valence-corrected chi connectivity index (χ4v) is 1.24. The van der Waals surface area contributed by atoms with Gasteiger partial charge in [0.2, 0.25) is 0 Å². The van der Waals surface area contributed by atoms with Crippen molar-refractivity contribution in [1.82, 2.24) is 3.11 Å². The molecule has 14 heavy (non-hydrogen) atoms. The second-order valence-electron chi connectivity index (χ2n) is 2.91. The quantitative estimate of drug-likeness (QED) is 0.484. The maximum Gasteiger partial charge on any atom is 0.321 e. The van der Waals surface area contributed by atoms with Crippen molar-refractivity contribution in [3.8, 4) is 0 Å². The summed E-state index contributed by atoms with van der Waals surface area (Å²) in [4.78, 5) is 11.2. The van der Waals surface area contributed by atoms with Crippen LogP contribution < -0.4 is 0 Å². The molecule has 0 aromatic heterocycles. The minimum atomic E-state index is -0.203. The lowest BCUT2D eigenvalue weighted by atomic mass is 10.2. The highest BCUT2D eigenvalue weighted by Gasteiger charge is 2.04. The Kier molecular flexibility index (Phi) is 4.89. The smallest absolute Gasteiger partial charge is 0.321 e. The van der Waals surface area contributed by atoms with Gasteiger partial charge in [-0.05, 0) is 12.6 Å². The molecule has 0 saturated carbocycles. The van der Waals surface area contributed by atoms with Crippen LogP contribution in [0.4, 0.5) is 0 Å². The first-order valence-electron chi connectivity index (χ1n) is 4.25. The first-order valence-corrected chi connectivity index (χ1v) is 5.21.